The molecule has 0 bridgehead atoms. The molecule has 0 radical (unpaired) electrons. The van der Waals surface area contributed by atoms with Crippen molar-refractivity contribution < 1.29 is 9.84 Å². The van der Waals surface area contributed by atoms with Crippen LogP contribution in [0.25, 0.3) is 0 Å². The van der Waals surface area contributed by atoms with Crippen molar-refractivity contribution in [2.45, 2.75) is 44.2 Å². The molecule has 0 amide bonds. The van der Waals surface area contributed by atoms with E-state index in [0.717, 1.165) is 38.5 Å². The summed E-state index contributed by atoms with van der Waals surface area (Å²) in [5.74, 6) is 0.854. The van der Waals surface area contributed by atoms with E-state index in [4.69, 9.17) is 4.74 Å². The number of nitrogens with zero attached hydrogens (tertiary/aromatic N) is 1. The van der Waals surface area contributed by atoms with E-state index < -0.39 is 0 Å². The first-order chi connectivity index (χ1) is 7.27. The molecule has 88 valence electrons. The van der Waals surface area contributed by atoms with Crippen LogP contribution < -0.4 is 0 Å². The molecule has 0 aromatic heterocycles. The number of hydrogen-bond donors (Lipinski definition) is 1. The minimum absolute atomic E-state index is 0.113. The fourth-order valence-corrected chi connectivity index (χ4v) is 2.34. The molecule has 2 aliphatic carbocycles. The molecular formula is C12H23NO2. The minimum atomic E-state index is -0.113. The highest BCUT2D eigenvalue weighted by molar-refractivity contribution is 4.83. The molecule has 15 heavy (non-hydrogen) atoms. The molecule has 0 aromatic carbocycles. The van der Waals surface area contributed by atoms with Crippen LogP contribution in [0.4, 0.5) is 0 Å². The van der Waals surface area contributed by atoms with Gasteiger partial charge in [-0.25, -0.2) is 0 Å². The zero-order valence-corrected chi connectivity index (χ0v) is 9.69. The Morgan fingerprint density at radius 1 is 1.27 bits per heavy atom. The molecular weight excluding hydrogens is 190 g/mol. The number of hydrogen-bond acceptors (Lipinski definition) is 3. The van der Waals surface area contributed by atoms with E-state index in [-0.39, 0.29) is 6.10 Å². The smallest absolute Gasteiger partial charge is 0.0695 e. The first-order valence-corrected chi connectivity index (χ1v) is 6.23. The molecule has 0 saturated heterocycles. The van der Waals surface area contributed by atoms with E-state index in [9.17, 15) is 5.11 Å². The van der Waals surface area contributed by atoms with Gasteiger partial charge in [-0.15, -0.1) is 0 Å². The summed E-state index contributed by atoms with van der Waals surface area (Å²) < 4.78 is 5.60. The first-order valence-electron chi connectivity index (χ1n) is 6.23. The lowest BCUT2D eigenvalue weighted by molar-refractivity contribution is 0.0534. The standard InChI is InChI=1S/C12H23NO2/c1-13(11-3-2-4-12(11)14)7-8-15-9-10-5-6-10/h10-12,14H,2-9H2,1H3. The molecule has 3 nitrogen and oxygen atoms in total. The Kier molecular flexibility index (Phi) is 4.00. The van der Waals surface area contributed by atoms with Crippen LogP contribution in [0.2, 0.25) is 0 Å². The topological polar surface area (TPSA) is 32.7 Å². The predicted molar refractivity (Wildman–Crippen MR) is 59.8 cm³/mol. The quantitative estimate of drug-likeness (QED) is 0.674. The molecule has 2 saturated carbocycles. The second-order valence-electron chi connectivity index (χ2n) is 5.06. The van der Waals surface area contributed by atoms with Crippen LogP contribution >= 0.6 is 0 Å². The lowest BCUT2D eigenvalue weighted by Gasteiger charge is -2.26. The molecule has 0 heterocycles. The number of aliphatic hydroxyl groups excluding tert-OH is 1. The Morgan fingerprint density at radius 3 is 2.67 bits per heavy atom. The second kappa shape index (κ2) is 5.28. The molecule has 0 aliphatic heterocycles. The number of likely N-dealkylation sites (N-methyl/N-ethyl adjacent to an activating group) is 1. The number of ether oxygens (including phenoxy) is 1. The molecule has 2 unspecified atom stereocenters. The van der Waals surface area contributed by atoms with Crippen LogP contribution in [0.15, 0.2) is 0 Å². The zero-order valence-electron chi connectivity index (χ0n) is 9.69. The first kappa shape index (κ1) is 11.4. The van der Waals surface area contributed by atoms with Gasteiger partial charge in [0, 0.05) is 19.2 Å². The third-order valence-electron chi connectivity index (χ3n) is 3.65. The van der Waals surface area contributed by atoms with Crippen molar-refractivity contribution in [3.05, 3.63) is 0 Å². The van der Waals surface area contributed by atoms with Gasteiger partial charge in [-0.1, -0.05) is 0 Å². The Bertz CT molecular complexity index is 194. The number of rotatable bonds is 6. The summed E-state index contributed by atoms with van der Waals surface area (Å²) in [6.07, 6.45) is 5.88. The van der Waals surface area contributed by atoms with E-state index in [1.165, 1.54) is 19.3 Å². The zero-order chi connectivity index (χ0) is 10.7. The van der Waals surface area contributed by atoms with E-state index in [1.54, 1.807) is 0 Å². The summed E-state index contributed by atoms with van der Waals surface area (Å²) >= 11 is 0. The lowest BCUT2D eigenvalue weighted by atomic mass is 10.2. The van der Waals surface area contributed by atoms with E-state index in [1.807, 2.05) is 0 Å². The molecule has 2 aliphatic rings. The fourth-order valence-electron chi connectivity index (χ4n) is 2.34. The molecule has 0 spiro atoms. The van der Waals surface area contributed by atoms with Crippen LogP contribution in [-0.4, -0.2) is 49.0 Å². The third kappa shape index (κ3) is 3.44. The van der Waals surface area contributed by atoms with Gasteiger partial charge in [0.25, 0.3) is 0 Å². The van der Waals surface area contributed by atoms with Crippen molar-refractivity contribution >= 4 is 0 Å². The van der Waals surface area contributed by atoms with E-state index in [2.05, 4.69) is 11.9 Å². The largest absolute Gasteiger partial charge is 0.391 e. The average molecular weight is 213 g/mol. The monoisotopic (exact) mass is 213 g/mol. The predicted octanol–water partition coefficient (Wildman–Crippen LogP) is 1.26. The Balaban J connectivity index is 1.56. The van der Waals surface area contributed by atoms with Gasteiger partial charge in [0.2, 0.25) is 0 Å². The Hall–Kier alpha value is -0.120. The van der Waals surface area contributed by atoms with E-state index in [0.29, 0.717) is 6.04 Å². The van der Waals surface area contributed by atoms with E-state index >= 15 is 0 Å². The fraction of sp³-hybridized carbons (Fsp3) is 1.00. The molecule has 0 aromatic rings. The van der Waals surface area contributed by atoms with Gasteiger partial charge < -0.3 is 9.84 Å². The molecule has 2 fully saturated rings. The van der Waals surface area contributed by atoms with Crippen molar-refractivity contribution in [1.29, 1.82) is 0 Å². The van der Waals surface area contributed by atoms with Gasteiger partial charge in [0.1, 0.15) is 0 Å². The van der Waals surface area contributed by atoms with Crippen molar-refractivity contribution in [3.63, 3.8) is 0 Å². The number of aliphatic hydroxyl groups is 1. The minimum Gasteiger partial charge on any atom is -0.391 e. The summed E-state index contributed by atoms with van der Waals surface area (Å²) in [5.41, 5.74) is 0. The van der Waals surface area contributed by atoms with Gasteiger partial charge in [-0.3, -0.25) is 4.90 Å². The van der Waals surface area contributed by atoms with Crippen molar-refractivity contribution in [2.75, 3.05) is 26.8 Å². The van der Waals surface area contributed by atoms with Crippen LogP contribution in [0.1, 0.15) is 32.1 Å². The van der Waals surface area contributed by atoms with Crippen molar-refractivity contribution in [2.24, 2.45) is 5.92 Å². The summed E-state index contributed by atoms with van der Waals surface area (Å²) in [5, 5.41) is 9.73. The molecule has 1 N–H and O–H groups in total. The van der Waals surface area contributed by atoms with Crippen molar-refractivity contribution in [1.82, 2.24) is 4.90 Å². The highest BCUT2D eigenvalue weighted by Gasteiger charge is 2.28. The van der Waals surface area contributed by atoms with Crippen LogP contribution in [-0.2, 0) is 4.74 Å². The maximum absolute atomic E-state index is 9.73. The third-order valence-corrected chi connectivity index (χ3v) is 3.65. The maximum atomic E-state index is 9.73. The normalized spacial score (nSPS) is 31.4. The lowest BCUT2D eigenvalue weighted by Crippen LogP contribution is -2.39. The highest BCUT2D eigenvalue weighted by Crippen LogP contribution is 2.28. The average Bonchev–Trinajstić information content (AvgIpc) is 2.94. The van der Waals surface area contributed by atoms with Gasteiger partial charge in [0.05, 0.1) is 12.7 Å². The summed E-state index contributed by atoms with van der Waals surface area (Å²) in [6.45, 7) is 2.71. The highest BCUT2D eigenvalue weighted by atomic mass is 16.5. The molecule has 2 atom stereocenters. The summed E-state index contributed by atoms with van der Waals surface area (Å²) in [4.78, 5) is 2.25. The summed E-state index contributed by atoms with van der Waals surface area (Å²) in [7, 11) is 2.10. The summed E-state index contributed by atoms with van der Waals surface area (Å²) in [6, 6.07) is 0.370. The van der Waals surface area contributed by atoms with Crippen LogP contribution in [0, 0.1) is 5.92 Å². The Labute approximate surface area is 92.4 Å². The second-order valence-corrected chi connectivity index (χ2v) is 5.06. The molecule has 3 heteroatoms. The maximum Gasteiger partial charge on any atom is 0.0695 e. The van der Waals surface area contributed by atoms with Gasteiger partial charge in [-0.05, 0) is 45.1 Å². The Morgan fingerprint density at radius 2 is 2.07 bits per heavy atom. The van der Waals surface area contributed by atoms with Crippen molar-refractivity contribution in [3.8, 4) is 0 Å². The van der Waals surface area contributed by atoms with Gasteiger partial charge in [0.15, 0.2) is 0 Å². The molecule has 2 rings (SSSR count). The van der Waals surface area contributed by atoms with Crippen LogP contribution in [0.5, 0.6) is 0 Å². The SMILES string of the molecule is CN(CCOCC1CC1)C1CCCC1O. The van der Waals surface area contributed by atoms with Gasteiger partial charge >= 0.3 is 0 Å². The van der Waals surface area contributed by atoms with Gasteiger partial charge in [-0.2, -0.15) is 0 Å². The van der Waals surface area contributed by atoms with Crippen LogP contribution in [0.3, 0.4) is 0 Å².